The summed E-state index contributed by atoms with van der Waals surface area (Å²) in [5.41, 5.74) is 2.84. The van der Waals surface area contributed by atoms with Crippen LogP contribution in [0.5, 0.6) is 0 Å². The number of amides is 1. The van der Waals surface area contributed by atoms with Gasteiger partial charge in [-0.05, 0) is 43.2 Å². The highest BCUT2D eigenvalue weighted by molar-refractivity contribution is 6.06. The van der Waals surface area contributed by atoms with Crippen molar-refractivity contribution in [1.29, 1.82) is 5.26 Å². The van der Waals surface area contributed by atoms with Gasteiger partial charge >= 0.3 is 0 Å². The molecule has 0 saturated carbocycles. The maximum absolute atomic E-state index is 12.8. The molecule has 1 atom stereocenters. The van der Waals surface area contributed by atoms with Crippen LogP contribution in [0.15, 0.2) is 53.5 Å². The summed E-state index contributed by atoms with van der Waals surface area (Å²) in [7, 11) is 0. The number of nitrogens with one attached hydrogen (secondary N) is 1. The van der Waals surface area contributed by atoms with E-state index in [0.717, 1.165) is 17.5 Å². The molecule has 5 heteroatoms. The maximum Gasteiger partial charge on any atom is 0.261 e. The Morgan fingerprint density at radius 3 is 2.88 bits per heavy atom. The Bertz CT molecular complexity index is 1120. The Kier molecular flexibility index (Phi) is 3.40. The molecule has 25 heavy (non-hydrogen) atoms. The second kappa shape index (κ2) is 5.60. The molecule has 0 fully saturated rings. The van der Waals surface area contributed by atoms with Gasteiger partial charge in [0.25, 0.3) is 5.91 Å². The van der Waals surface area contributed by atoms with Crippen LogP contribution in [-0.4, -0.2) is 10.5 Å². The number of hydrogen-bond acceptors (Lipinski definition) is 3. The van der Waals surface area contributed by atoms with Crippen molar-refractivity contribution in [3.63, 3.8) is 0 Å². The van der Waals surface area contributed by atoms with Crippen molar-refractivity contribution in [2.24, 2.45) is 0 Å². The van der Waals surface area contributed by atoms with E-state index in [4.69, 9.17) is 5.26 Å². The van der Waals surface area contributed by atoms with Crippen molar-refractivity contribution in [2.45, 2.75) is 19.4 Å². The van der Waals surface area contributed by atoms with Gasteiger partial charge in [-0.1, -0.05) is 18.2 Å². The Hall–Kier alpha value is -3.39. The van der Waals surface area contributed by atoms with Crippen LogP contribution in [0.2, 0.25) is 0 Å². The van der Waals surface area contributed by atoms with Crippen LogP contribution in [0.3, 0.4) is 0 Å². The van der Waals surface area contributed by atoms with Gasteiger partial charge in [0.2, 0.25) is 5.43 Å². The SMILES string of the molecule is C[C@H]1Cc2cccc3c(=O)c(C(=O)Nc4cccc(C#N)c4)cn1c23. The molecule has 1 aliphatic heterocycles. The predicted molar refractivity (Wildman–Crippen MR) is 95.7 cm³/mol. The van der Waals surface area contributed by atoms with E-state index in [-0.39, 0.29) is 17.0 Å². The Balaban J connectivity index is 1.80. The normalized spacial score (nSPS) is 15.1. The average molecular weight is 329 g/mol. The highest BCUT2D eigenvalue weighted by Crippen LogP contribution is 2.30. The van der Waals surface area contributed by atoms with Crippen LogP contribution in [0.4, 0.5) is 5.69 Å². The molecule has 0 bridgehead atoms. The number of rotatable bonds is 2. The molecule has 122 valence electrons. The number of pyridine rings is 1. The molecule has 1 aliphatic rings. The summed E-state index contributed by atoms with van der Waals surface area (Å²) < 4.78 is 2.01. The summed E-state index contributed by atoms with van der Waals surface area (Å²) in [5.74, 6) is -0.463. The highest BCUT2D eigenvalue weighted by atomic mass is 16.2. The summed E-state index contributed by atoms with van der Waals surface area (Å²) in [5, 5.41) is 12.3. The minimum absolute atomic E-state index is 0.112. The molecular formula is C20H15N3O2. The number of benzene rings is 2. The second-order valence-electron chi connectivity index (χ2n) is 6.29. The van der Waals surface area contributed by atoms with Crippen LogP contribution in [-0.2, 0) is 6.42 Å². The van der Waals surface area contributed by atoms with Crippen molar-refractivity contribution >= 4 is 22.5 Å². The third-order valence-corrected chi connectivity index (χ3v) is 4.62. The minimum atomic E-state index is -0.463. The third kappa shape index (κ3) is 2.39. The lowest BCUT2D eigenvalue weighted by Gasteiger charge is -2.12. The van der Waals surface area contributed by atoms with Gasteiger partial charge in [-0.2, -0.15) is 5.26 Å². The van der Waals surface area contributed by atoms with E-state index in [1.165, 1.54) is 0 Å². The Morgan fingerprint density at radius 1 is 1.28 bits per heavy atom. The third-order valence-electron chi connectivity index (χ3n) is 4.62. The molecule has 0 unspecified atom stereocenters. The summed E-state index contributed by atoms with van der Waals surface area (Å²) in [4.78, 5) is 25.5. The molecule has 3 aromatic rings. The van der Waals surface area contributed by atoms with Crippen LogP contribution in [0, 0.1) is 11.3 Å². The molecule has 1 N–H and O–H groups in total. The van der Waals surface area contributed by atoms with Gasteiger partial charge in [0, 0.05) is 23.3 Å². The lowest BCUT2D eigenvalue weighted by atomic mass is 10.1. The van der Waals surface area contributed by atoms with Crippen LogP contribution in [0.1, 0.15) is 34.5 Å². The standard InChI is InChI=1S/C20H15N3O2/c1-12-8-14-5-3-7-16-18(14)23(12)11-17(19(16)24)20(25)22-15-6-2-4-13(9-15)10-21/h2-7,9,11-12H,8H2,1H3,(H,22,25)/t12-/m0/s1. The summed E-state index contributed by atoms with van der Waals surface area (Å²) >= 11 is 0. The first-order valence-corrected chi connectivity index (χ1v) is 8.07. The minimum Gasteiger partial charge on any atom is -0.343 e. The summed E-state index contributed by atoms with van der Waals surface area (Å²) in [6.45, 7) is 2.07. The molecule has 1 amide bonds. The van der Waals surface area contributed by atoms with Gasteiger partial charge in [-0.15, -0.1) is 0 Å². The maximum atomic E-state index is 12.8. The molecule has 5 nitrogen and oxygen atoms in total. The lowest BCUT2D eigenvalue weighted by molar-refractivity contribution is 0.102. The predicted octanol–water partition coefficient (Wildman–Crippen LogP) is 3.24. The van der Waals surface area contributed by atoms with E-state index in [9.17, 15) is 9.59 Å². The quantitative estimate of drug-likeness (QED) is 0.784. The van der Waals surface area contributed by atoms with Crippen molar-refractivity contribution in [2.75, 3.05) is 5.32 Å². The number of aromatic nitrogens is 1. The van der Waals surface area contributed by atoms with Gasteiger partial charge in [-0.25, -0.2) is 0 Å². The number of hydrogen-bond donors (Lipinski definition) is 1. The topological polar surface area (TPSA) is 74.9 Å². The van der Waals surface area contributed by atoms with E-state index in [2.05, 4.69) is 12.2 Å². The molecular weight excluding hydrogens is 314 g/mol. The second-order valence-corrected chi connectivity index (χ2v) is 6.29. The van der Waals surface area contributed by atoms with E-state index in [0.29, 0.717) is 16.6 Å². The van der Waals surface area contributed by atoms with E-state index in [1.54, 1.807) is 36.5 Å². The smallest absolute Gasteiger partial charge is 0.261 e. The van der Waals surface area contributed by atoms with Crippen molar-refractivity contribution in [3.8, 4) is 6.07 Å². The van der Waals surface area contributed by atoms with Gasteiger partial charge in [0.15, 0.2) is 0 Å². The fourth-order valence-electron chi connectivity index (χ4n) is 3.44. The average Bonchev–Trinajstić information content (AvgIpc) is 2.94. The molecule has 4 rings (SSSR count). The lowest BCUT2D eigenvalue weighted by Crippen LogP contribution is -2.23. The van der Waals surface area contributed by atoms with Crippen LogP contribution >= 0.6 is 0 Å². The fraction of sp³-hybridized carbons (Fsp3) is 0.150. The van der Waals surface area contributed by atoms with Crippen molar-refractivity contribution in [1.82, 2.24) is 4.57 Å². The first kappa shape index (κ1) is 15.2. The Labute approximate surface area is 144 Å². The van der Waals surface area contributed by atoms with Gasteiger partial charge in [0.1, 0.15) is 5.56 Å². The van der Waals surface area contributed by atoms with Crippen molar-refractivity contribution in [3.05, 3.63) is 75.6 Å². The number of nitriles is 1. The molecule has 0 saturated heterocycles. The summed E-state index contributed by atoms with van der Waals surface area (Å²) in [6.07, 6.45) is 2.50. The number of anilines is 1. The molecule has 0 aliphatic carbocycles. The number of carbonyl (C=O) groups is 1. The van der Waals surface area contributed by atoms with E-state index >= 15 is 0 Å². The monoisotopic (exact) mass is 329 g/mol. The Morgan fingerprint density at radius 2 is 2.08 bits per heavy atom. The fourth-order valence-corrected chi connectivity index (χ4v) is 3.44. The first-order chi connectivity index (χ1) is 12.1. The largest absolute Gasteiger partial charge is 0.343 e. The van der Waals surface area contributed by atoms with Gasteiger partial charge < -0.3 is 9.88 Å². The highest BCUT2D eigenvalue weighted by Gasteiger charge is 2.24. The number of nitrogens with zero attached hydrogens (tertiary/aromatic N) is 2. The van der Waals surface area contributed by atoms with Gasteiger partial charge in [-0.3, -0.25) is 9.59 Å². The molecule has 0 spiro atoms. The first-order valence-electron chi connectivity index (χ1n) is 8.07. The molecule has 2 heterocycles. The van der Waals surface area contributed by atoms with Crippen molar-refractivity contribution < 1.29 is 4.79 Å². The molecule has 0 radical (unpaired) electrons. The number of carbonyl (C=O) groups excluding carboxylic acids is 1. The van der Waals surface area contributed by atoms with Gasteiger partial charge in [0.05, 0.1) is 17.1 Å². The zero-order chi connectivity index (χ0) is 17.6. The zero-order valence-electron chi connectivity index (χ0n) is 13.6. The van der Waals surface area contributed by atoms with Crippen LogP contribution in [0.25, 0.3) is 10.9 Å². The number of para-hydroxylation sites is 1. The summed E-state index contributed by atoms with van der Waals surface area (Å²) in [6, 6.07) is 14.5. The van der Waals surface area contributed by atoms with Crippen LogP contribution < -0.4 is 10.7 Å². The van der Waals surface area contributed by atoms with E-state index < -0.39 is 5.91 Å². The molecule has 1 aromatic heterocycles. The van der Waals surface area contributed by atoms with E-state index in [1.807, 2.05) is 22.8 Å². The molecule has 2 aromatic carbocycles. The zero-order valence-corrected chi connectivity index (χ0v) is 13.6.